The number of hydrogen-bond acceptors (Lipinski definition) is 2. The highest BCUT2D eigenvalue weighted by Crippen LogP contribution is 2.24. The van der Waals surface area contributed by atoms with Crippen LogP contribution in [-0.2, 0) is 0 Å². The third-order valence-corrected chi connectivity index (χ3v) is 4.98. The molecule has 0 saturated heterocycles. The second kappa shape index (κ2) is 7.87. The van der Waals surface area contributed by atoms with E-state index in [0.29, 0.717) is 6.61 Å². The van der Waals surface area contributed by atoms with Crippen molar-refractivity contribution in [2.24, 2.45) is 4.99 Å². The van der Waals surface area contributed by atoms with Crippen LogP contribution in [0.15, 0.2) is 59.6 Å². The fourth-order valence-electron chi connectivity index (χ4n) is 2.87. The van der Waals surface area contributed by atoms with Crippen molar-refractivity contribution in [1.29, 1.82) is 0 Å². The van der Waals surface area contributed by atoms with E-state index in [0.717, 1.165) is 26.3 Å². The molecule has 4 heteroatoms. The van der Waals surface area contributed by atoms with E-state index >= 15 is 0 Å². The van der Waals surface area contributed by atoms with Gasteiger partial charge in [0, 0.05) is 32.4 Å². The average molecular weight is 444 g/mol. The summed E-state index contributed by atoms with van der Waals surface area (Å²) < 4.78 is 8.92. The minimum absolute atomic E-state index is 0.680. The van der Waals surface area contributed by atoms with Gasteiger partial charge in [-0.3, -0.25) is 4.99 Å². The van der Waals surface area contributed by atoms with Crippen molar-refractivity contribution in [2.45, 2.75) is 20.8 Å². The van der Waals surface area contributed by atoms with E-state index in [1.165, 1.54) is 11.4 Å². The molecule has 0 saturated carbocycles. The third-order valence-electron chi connectivity index (χ3n) is 4.07. The number of aromatic nitrogens is 1. The van der Waals surface area contributed by atoms with Crippen molar-refractivity contribution in [3.63, 3.8) is 0 Å². The van der Waals surface area contributed by atoms with Gasteiger partial charge >= 0.3 is 0 Å². The number of aliphatic imine (C=N–C) groups is 1. The number of para-hydroxylation sites is 1. The molecule has 0 aliphatic carbocycles. The maximum Gasteiger partial charge on any atom is 0.119 e. The molecule has 2 aromatic carbocycles. The zero-order valence-electron chi connectivity index (χ0n) is 14.7. The van der Waals surface area contributed by atoms with Crippen LogP contribution in [0.3, 0.4) is 0 Å². The van der Waals surface area contributed by atoms with Gasteiger partial charge in [0.25, 0.3) is 0 Å². The van der Waals surface area contributed by atoms with Crippen LogP contribution in [0.5, 0.6) is 5.75 Å². The van der Waals surface area contributed by atoms with E-state index in [2.05, 4.69) is 70.3 Å². The lowest BCUT2D eigenvalue weighted by atomic mass is 10.2. The number of aryl methyl sites for hydroxylation is 1. The van der Waals surface area contributed by atoms with Gasteiger partial charge in [-0.15, -0.1) is 0 Å². The summed E-state index contributed by atoms with van der Waals surface area (Å²) in [5, 5.41) is 0. The Morgan fingerprint density at radius 2 is 1.80 bits per heavy atom. The van der Waals surface area contributed by atoms with Gasteiger partial charge in [-0.1, -0.05) is 12.1 Å². The first-order valence-corrected chi connectivity index (χ1v) is 9.39. The molecule has 0 aliphatic heterocycles. The van der Waals surface area contributed by atoms with Crippen LogP contribution in [-0.4, -0.2) is 17.4 Å². The van der Waals surface area contributed by atoms with Crippen molar-refractivity contribution in [3.8, 4) is 11.4 Å². The number of hydrogen-bond donors (Lipinski definition) is 0. The average Bonchev–Trinajstić information content (AvgIpc) is 2.89. The lowest BCUT2D eigenvalue weighted by molar-refractivity contribution is 0.340. The smallest absolute Gasteiger partial charge is 0.119 e. The Bertz CT molecular complexity index is 895. The zero-order valence-corrected chi connectivity index (χ0v) is 16.8. The van der Waals surface area contributed by atoms with Gasteiger partial charge < -0.3 is 9.30 Å². The number of nitrogens with zero attached hydrogens (tertiary/aromatic N) is 2. The van der Waals surface area contributed by atoms with Crippen LogP contribution >= 0.6 is 22.6 Å². The molecule has 0 fully saturated rings. The summed E-state index contributed by atoms with van der Waals surface area (Å²) in [4.78, 5) is 4.66. The first-order valence-electron chi connectivity index (χ1n) is 8.31. The first kappa shape index (κ1) is 17.7. The Hall–Kier alpha value is -2.08. The Morgan fingerprint density at radius 3 is 2.48 bits per heavy atom. The number of benzene rings is 2. The molecule has 0 N–H and O–H groups in total. The van der Waals surface area contributed by atoms with Gasteiger partial charge in [0.05, 0.1) is 12.3 Å². The fourth-order valence-corrected chi connectivity index (χ4v) is 3.40. The predicted molar refractivity (Wildman–Crippen MR) is 113 cm³/mol. The molecule has 0 bridgehead atoms. The number of ether oxygens (including phenoxy) is 1. The normalized spacial score (nSPS) is 11.2. The van der Waals surface area contributed by atoms with E-state index < -0.39 is 0 Å². The molecule has 25 heavy (non-hydrogen) atoms. The number of rotatable bonds is 5. The van der Waals surface area contributed by atoms with Gasteiger partial charge in [0.1, 0.15) is 5.75 Å². The topological polar surface area (TPSA) is 26.5 Å². The van der Waals surface area contributed by atoms with Gasteiger partial charge in [0.2, 0.25) is 0 Å². The fraction of sp³-hybridized carbons (Fsp3) is 0.190. The molecule has 3 nitrogen and oxygen atoms in total. The summed E-state index contributed by atoms with van der Waals surface area (Å²) in [5.41, 5.74) is 5.62. The Labute approximate surface area is 162 Å². The maximum atomic E-state index is 5.53. The third kappa shape index (κ3) is 3.95. The second-order valence-electron chi connectivity index (χ2n) is 5.80. The second-order valence-corrected chi connectivity index (χ2v) is 6.96. The zero-order chi connectivity index (χ0) is 17.8. The Morgan fingerprint density at radius 1 is 1.08 bits per heavy atom. The highest BCUT2D eigenvalue weighted by molar-refractivity contribution is 14.1. The lowest BCUT2D eigenvalue weighted by Gasteiger charge is -2.11. The van der Waals surface area contributed by atoms with Gasteiger partial charge in [-0.25, -0.2) is 0 Å². The van der Waals surface area contributed by atoms with Crippen LogP contribution in [0.4, 0.5) is 5.69 Å². The summed E-state index contributed by atoms with van der Waals surface area (Å²) in [5.74, 6) is 0.897. The summed E-state index contributed by atoms with van der Waals surface area (Å²) >= 11 is 2.31. The van der Waals surface area contributed by atoms with Crippen LogP contribution in [0, 0.1) is 17.4 Å². The molecule has 1 aromatic heterocycles. The lowest BCUT2D eigenvalue weighted by Crippen LogP contribution is -2.00. The summed E-state index contributed by atoms with van der Waals surface area (Å²) in [6.07, 6.45) is 1.95. The molecule has 1 heterocycles. The number of halogens is 1. The molecule has 0 atom stereocenters. The van der Waals surface area contributed by atoms with Crippen molar-refractivity contribution in [2.75, 3.05) is 6.61 Å². The molecular formula is C21H21IN2O. The summed E-state index contributed by atoms with van der Waals surface area (Å²) in [6, 6.07) is 18.5. The van der Waals surface area contributed by atoms with Crippen molar-refractivity contribution in [1.82, 2.24) is 4.57 Å². The van der Waals surface area contributed by atoms with Crippen LogP contribution in [0.2, 0.25) is 0 Å². The largest absolute Gasteiger partial charge is 0.494 e. The highest BCUT2D eigenvalue weighted by Gasteiger charge is 2.09. The Kier molecular flexibility index (Phi) is 5.58. The van der Waals surface area contributed by atoms with Crippen LogP contribution in [0.25, 0.3) is 5.69 Å². The first-order chi connectivity index (χ1) is 12.1. The predicted octanol–water partition coefficient (Wildman–Crippen LogP) is 5.85. The van der Waals surface area contributed by atoms with E-state index in [-0.39, 0.29) is 0 Å². The molecule has 3 aromatic rings. The molecular weight excluding hydrogens is 423 g/mol. The van der Waals surface area contributed by atoms with Crippen LogP contribution < -0.4 is 4.74 Å². The quantitative estimate of drug-likeness (QED) is 0.358. The molecule has 128 valence electrons. The van der Waals surface area contributed by atoms with E-state index in [4.69, 9.17) is 4.74 Å². The summed E-state index contributed by atoms with van der Waals surface area (Å²) in [7, 11) is 0. The van der Waals surface area contributed by atoms with E-state index in [1.54, 1.807) is 0 Å². The Balaban J connectivity index is 1.92. The van der Waals surface area contributed by atoms with Crippen molar-refractivity contribution < 1.29 is 4.74 Å². The van der Waals surface area contributed by atoms with Gasteiger partial charge in [0.15, 0.2) is 0 Å². The van der Waals surface area contributed by atoms with Gasteiger partial charge in [-0.2, -0.15) is 0 Å². The minimum atomic E-state index is 0.680. The molecule has 0 aliphatic rings. The highest BCUT2D eigenvalue weighted by atomic mass is 127. The van der Waals surface area contributed by atoms with E-state index in [1.807, 2.05) is 43.5 Å². The molecule has 0 spiro atoms. The van der Waals surface area contributed by atoms with E-state index in [9.17, 15) is 0 Å². The van der Waals surface area contributed by atoms with Crippen LogP contribution in [0.1, 0.15) is 23.9 Å². The van der Waals surface area contributed by atoms with Gasteiger partial charge in [-0.05, 0) is 85.8 Å². The minimum Gasteiger partial charge on any atom is -0.494 e. The monoisotopic (exact) mass is 444 g/mol. The molecule has 3 rings (SSSR count). The summed E-state index contributed by atoms with van der Waals surface area (Å²) in [6.45, 7) is 6.92. The maximum absolute atomic E-state index is 5.53. The molecule has 0 unspecified atom stereocenters. The standard InChI is InChI=1S/C21H21IN2O/c1-4-25-19-11-9-18(10-12-19)24-15(2)13-17(16(24)3)14-23-21-8-6-5-7-20(21)22/h5-14H,4H2,1-3H3. The SMILES string of the molecule is CCOc1ccc(-n2c(C)cc(C=Nc3ccccc3I)c2C)cc1. The molecule has 0 amide bonds. The van der Waals surface area contributed by atoms with Crippen molar-refractivity contribution in [3.05, 3.63) is 75.1 Å². The molecule has 0 radical (unpaired) electrons. The van der Waals surface area contributed by atoms with Crippen molar-refractivity contribution >= 4 is 34.5 Å².